The molecular formula is C55H48N4. The van der Waals surface area contributed by atoms with Crippen LogP contribution in [-0.4, -0.2) is 22.3 Å². The van der Waals surface area contributed by atoms with Gasteiger partial charge in [-0.05, 0) is 107 Å². The van der Waals surface area contributed by atoms with Gasteiger partial charge in [-0.25, -0.2) is 4.98 Å². The predicted octanol–water partition coefficient (Wildman–Crippen LogP) is 13.7. The SMILES string of the molecule is CC(C)c1ccccc1-c1ccnc(-n2c3ccccc3c3ccc(C(c4ccccc4)(c4ccccc4)c4cccc(N5CN(C(C)C)c6ccccc65)c4)cc32)c1. The van der Waals surface area contributed by atoms with E-state index in [1.54, 1.807) is 0 Å². The van der Waals surface area contributed by atoms with Gasteiger partial charge in [0.1, 0.15) is 5.82 Å². The number of pyridine rings is 1. The van der Waals surface area contributed by atoms with Crippen LogP contribution >= 0.6 is 0 Å². The summed E-state index contributed by atoms with van der Waals surface area (Å²) in [5.41, 5.74) is 13.9. The minimum absolute atomic E-state index is 0.371. The molecular weight excluding hydrogens is 717 g/mol. The highest BCUT2D eigenvalue weighted by Crippen LogP contribution is 2.49. The summed E-state index contributed by atoms with van der Waals surface area (Å²) in [7, 11) is 0. The van der Waals surface area contributed by atoms with Crippen LogP contribution in [0.4, 0.5) is 17.1 Å². The average molecular weight is 765 g/mol. The fraction of sp³-hybridized carbons (Fsp3) is 0.145. The molecule has 0 spiro atoms. The van der Waals surface area contributed by atoms with Gasteiger partial charge in [0.2, 0.25) is 0 Å². The lowest BCUT2D eigenvalue weighted by molar-refractivity contribution is 0.708. The van der Waals surface area contributed by atoms with Gasteiger partial charge >= 0.3 is 0 Å². The Bertz CT molecular complexity index is 2900. The first kappa shape index (κ1) is 36.4. The number of rotatable bonds is 9. The maximum atomic E-state index is 5.09. The number of aromatic nitrogens is 2. The van der Waals surface area contributed by atoms with Crippen molar-refractivity contribution >= 4 is 38.9 Å². The number of hydrogen-bond acceptors (Lipinski definition) is 3. The summed E-state index contributed by atoms with van der Waals surface area (Å²) >= 11 is 0. The van der Waals surface area contributed by atoms with E-state index < -0.39 is 5.41 Å². The van der Waals surface area contributed by atoms with Crippen LogP contribution in [0.1, 0.15) is 61.4 Å². The molecule has 3 heterocycles. The normalized spacial score (nSPS) is 12.9. The van der Waals surface area contributed by atoms with Gasteiger partial charge in [-0.15, -0.1) is 0 Å². The molecule has 2 aromatic heterocycles. The Hall–Kier alpha value is -6.91. The molecule has 0 radical (unpaired) electrons. The van der Waals surface area contributed by atoms with Gasteiger partial charge < -0.3 is 9.80 Å². The van der Waals surface area contributed by atoms with Crippen molar-refractivity contribution < 1.29 is 0 Å². The third-order valence-electron chi connectivity index (χ3n) is 12.4. The molecule has 0 saturated carbocycles. The fourth-order valence-corrected chi connectivity index (χ4v) is 9.61. The van der Waals surface area contributed by atoms with E-state index in [4.69, 9.17) is 4.98 Å². The van der Waals surface area contributed by atoms with E-state index in [1.807, 2.05) is 6.20 Å². The summed E-state index contributed by atoms with van der Waals surface area (Å²) in [4.78, 5) is 10.1. The Kier molecular flexibility index (Phi) is 9.13. The molecule has 10 rings (SSSR count). The molecule has 0 N–H and O–H groups in total. The second-order valence-electron chi connectivity index (χ2n) is 16.4. The predicted molar refractivity (Wildman–Crippen MR) is 247 cm³/mol. The second kappa shape index (κ2) is 14.8. The molecule has 4 nitrogen and oxygen atoms in total. The van der Waals surface area contributed by atoms with Gasteiger partial charge in [-0.1, -0.05) is 153 Å². The van der Waals surface area contributed by atoms with Crippen molar-refractivity contribution in [3.63, 3.8) is 0 Å². The monoisotopic (exact) mass is 764 g/mol. The van der Waals surface area contributed by atoms with Gasteiger partial charge in [0.25, 0.3) is 0 Å². The fourth-order valence-electron chi connectivity index (χ4n) is 9.61. The van der Waals surface area contributed by atoms with Crippen molar-refractivity contribution in [1.82, 2.24) is 9.55 Å². The summed E-state index contributed by atoms with van der Waals surface area (Å²) in [6.45, 7) is 9.88. The van der Waals surface area contributed by atoms with Crippen molar-refractivity contribution in [3.8, 4) is 16.9 Å². The Morgan fingerprint density at radius 2 is 1.14 bits per heavy atom. The first-order chi connectivity index (χ1) is 28.9. The van der Waals surface area contributed by atoms with Gasteiger partial charge in [0, 0.05) is 28.7 Å². The molecule has 1 aliphatic rings. The van der Waals surface area contributed by atoms with Gasteiger partial charge in [0.15, 0.2) is 0 Å². The molecule has 0 amide bonds. The lowest BCUT2D eigenvalue weighted by atomic mass is 9.65. The Morgan fingerprint density at radius 3 is 1.88 bits per heavy atom. The molecule has 0 saturated heterocycles. The van der Waals surface area contributed by atoms with Crippen molar-refractivity contribution in [1.29, 1.82) is 0 Å². The van der Waals surface area contributed by atoms with E-state index in [1.165, 1.54) is 66.8 Å². The largest absolute Gasteiger partial charge is 0.349 e. The van der Waals surface area contributed by atoms with Crippen molar-refractivity contribution in [2.45, 2.75) is 45.1 Å². The van der Waals surface area contributed by atoms with Gasteiger partial charge in [-0.2, -0.15) is 0 Å². The second-order valence-corrected chi connectivity index (χ2v) is 16.4. The van der Waals surface area contributed by atoms with Gasteiger partial charge in [-0.3, -0.25) is 4.57 Å². The minimum atomic E-state index is -0.656. The first-order valence-corrected chi connectivity index (χ1v) is 20.9. The van der Waals surface area contributed by atoms with Crippen LogP contribution in [0.5, 0.6) is 0 Å². The molecule has 0 atom stereocenters. The topological polar surface area (TPSA) is 24.3 Å². The highest BCUT2D eigenvalue weighted by atomic mass is 15.4. The minimum Gasteiger partial charge on any atom is -0.349 e. The highest BCUT2D eigenvalue weighted by Gasteiger charge is 2.40. The molecule has 9 aromatic rings. The zero-order valence-electron chi connectivity index (χ0n) is 34.1. The first-order valence-electron chi connectivity index (χ1n) is 20.9. The third kappa shape index (κ3) is 6.01. The van der Waals surface area contributed by atoms with E-state index >= 15 is 0 Å². The van der Waals surface area contributed by atoms with Crippen LogP contribution in [0.25, 0.3) is 38.8 Å². The molecule has 0 fully saturated rings. The lowest BCUT2D eigenvalue weighted by Gasteiger charge is -2.37. The van der Waals surface area contributed by atoms with Crippen LogP contribution in [0.3, 0.4) is 0 Å². The van der Waals surface area contributed by atoms with Crippen molar-refractivity contribution in [2.75, 3.05) is 16.5 Å². The summed E-state index contributed by atoms with van der Waals surface area (Å²) in [6.07, 6.45) is 1.97. The van der Waals surface area contributed by atoms with Gasteiger partial charge in [0.05, 0.1) is 34.5 Å². The average Bonchev–Trinajstić information content (AvgIpc) is 3.84. The Morgan fingerprint density at radius 1 is 0.508 bits per heavy atom. The molecule has 0 aliphatic carbocycles. The smallest absolute Gasteiger partial charge is 0.138 e. The maximum absolute atomic E-state index is 5.09. The molecule has 1 aliphatic heterocycles. The lowest BCUT2D eigenvalue weighted by Crippen LogP contribution is -2.34. The van der Waals surface area contributed by atoms with Crippen LogP contribution in [0.2, 0.25) is 0 Å². The number of benzene rings is 7. The number of nitrogens with zero attached hydrogens (tertiary/aromatic N) is 4. The van der Waals surface area contributed by atoms with Crippen molar-refractivity contribution in [2.24, 2.45) is 0 Å². The molecule has 0 bridgehead atoms. The van der Waals surface area contributed by atoms with Crippen LogP contribution in [0.15, 0.2) is 194 Å². The molecule has 4 heteroatoms. The number of anilines is 3. The van der Waals surface area contributed by atoms with Crippen LogP contribution < -0.4 is 9.80 Å². The van der Waals surface area contributed by atoms with E-state index in [0.717, 1.165) is 23.5 Å². The Balaban J connectivity index is 1.23. The molecule has 7 aromatic carbocycles. The quantitative estimate of drug-likeness (QED) is 0.137. The van der Waals surface area contributed by atoms with E-state index in [9.17, 15) is 0 Å². The maximum Gasteiger partial charge on any atom is 0.138 e. The standard InChI is InChI=1S/C55H48N4/c1-38(2)46-24-11-12-25-47(46)40-32-33-56-54(34-40)59-50-27-14-13-26-48(50)49-31-30-44(36-53(49)59)55(41-18-7-5-8-19-41,42-20-9-6-10-21-42)43-22-17-23-45(35-43)58-37-57(39(3)4)51-28-15-16-29-52(51)58/h5-36,38-39H,37H2,1-4H3. The summed E-state index contributed by atoms with van der Waals surface area (Å²) in [6, 6.07) is 69.6. The highest BCUT2D eigenvalue weighted by molar-refractivity contribution is 6.09. The van der Waals surface area contributed by atoms with E-state index in [0.29, 0.717) is 12.0 Å². The Labute approximate surface area is 347 Å². The van der Waals surface area contributed by atoms with Crippen LogP contribution in [0, 0.1) is 0 Å². The van der Waals surface area contributed by atoms with E-state index in [2.05, 4.69) is 230 Å². The summed E-state index contributed by atoms with van der Waals surface area (Å²) in [5.74, 6) is 1.30. The zero-order valence-corrected chi connectivity index (χ0v) is 34.1. The number of fused-ring (bicyclic) bond motifs is 4. The number of hydrogen-bond donors (Lipinski definition) is 0. The number of para-hydroxylation sites is 3. The zero-order chi connectivity index (χ0) is 40.1. The summed E-state index contributed by atoms with van der Waals surface area (Å²) in [5, 5.41) is 2.41. The summed E-state index contributed by atoms with van der Waals surface area (Å²) < 4.78 is 2.37. The van der Waals surface area contributed by atoms with E-state index in [-0.39, 0.29) is 0 Å². The van der Waals surface area contributed by atoms with Crippen LogP contribution in [-0.2, 0) is 5.41 Å². The third-order valence-corrected chi connectivity index (χ3v) is 12.4. The van der Waals surface area contributed by atoms with Crippen molar-refractivity contribution in [3.05, 3.63) is 222 Å². The molecule has 59 heavy (non-hydrogen) atoms. The molecule has 288 valence electrons. The molecule has 0 unspecified atom stereocenters.